The van der Waals surface area contributed by atoms with E-state index in [1.54, 1.807) is 12.4 Å². The van der Waals surface area contributed by atoms with Crippen molar-refractivity contribution in [2.24, 2.45) is 5.84 Å². The second-order valence-electron chi connectivity index (χ2n) is 4.42. The molecule has 5 heteroatoms. The monoisotopic (exact) mass is 295 g/mol. The Hall–Kier alpha value is -1.13. The number of nitrogens with zero attached hydrogens (tertiary/aromatic N) is 1. The van der Waals surface area contributed by atoms with Gasteiger partial charge in [0.2, 0.25) is 0 Å². The Morgan fingerprint density at radius 2 is 2.05 bits per heavy atom. The van der Waals surface area contributed by atoms with Crippen LogP contribution in [-0.2, 0) is 6.42 Å². The maximum atomic E-state index is 6.24. The standard InChI is InChI=1S/C14H15Cl2N3/c1-9-2-3-10(12(15)6-9)7-14(19-17)11-4-5-18-8-13(11)16/h2-6,8,14,19H,7,17H2,1H3. The molecule has 0 amide bonds. The fourth-order valence-corrected chi connectivity index (χ4v) is 2.53. The molecule has 0 bridgehead atoms. The fraction of sp³-hybridized carbons (Fsp3) is 0.214. The molecule has 1 unspecified atom stereocenters. The number of nitrogens with one attached hydrogen (secondary N) is 1. The second-order valence-corrected chi connectivity index (χ2v) is 5.23. The van der Waals surface area contributed by atoms with E-state index >= 15 is 0 Å². The molecule has 0 aliphatic rings. The highest BCUT2D eigenvalue weighted by atomic mass is 35.5. The summed E-state index contributed by atoms with van der Waals surface area (Å²) in [6.07, 6.45) is 3.97. The lowest BCUT2D eigenvalue weighted by Crippen LogP contribution is -2.30. The van der Waals surface area contributed by atoms with Gasteiger partial charge in [-0.25, -0.2) is 0 Å². The van der Waals surface area contributed by atoms with Gasteiger partial charge in [-0.05, 0) is 42.2 Å². The van der Waals surface area contributed by atoms with Crippen molar-refractivity contribution in [2.75, 3.05) is 0 Å². The van der Waals surface area contributed by atoms with Crippen molar-refractivity contribution in [1.29, 1.82) is 0 Å². The summed E-state index contributed by atoms with van der Waals surface area (Å²) in [7, 11) is 0. The van der Waals surface area contributed by atoms with Crippen LogP contribution in [0.25, 0.3) is 0 Å². The minimum atomic E-state index is -0.101. The van der Waals surface area contributed by atoms with Crippen LogP contribution < -0.4 is 11.3 Å². The average Bonchev–Trinajstić information content (AvgIpc) is 2.39. The van der Waals surface area contributed by atoms with E-state index in [9.17, 15) is 0 Å². The van der Waals surface area contributed by atoms with Gasteiger partial charge in [0.05, 0.1) is 11.1 Å². The Balaban J connectivity index is 2.27. The van der Waals surface area contributed by atoms with Gasteiger partial charge in [-0.1, -0.05) is 35.3 Å². The molecule has 1 heterocycles. The Morgan fingerprint density at radius 3 is 2.68 bits per heavy atom. The van der Waals surface area contributed by atoms with Gasteiger partial charge in [0.1, 0.15) is 0 Å². The van der Waals surface area contributed by atoms with E-state index in [1.807, 2.05) is 31.2 Å². The first-order valence-electron chi connectivity index (χ1n) is 5.92. The number of aryl methyl sites for hydroxylation is 1. The quantitative estimate of drug-likeness (QED) is 0.671. The number of halogens is 2. The zero-order valence-electron chi connectivity index (χ0n) is 10.5. The van der Waals surface area contributed by atoms with E-state index in [2.05, 4.69) is 10.4 Å². The zero-order chi connectivity index (χ0) is 13.8. The third-order valence-corrected chi connectivity index (χ3v) is 3.68. The normalized spacial score (nSPS) is 12.4. The summed E-state index contributed by atoms with van der Waals surface area (Å²) < 4.78 is 0. The summed E-state index contributed by atoms with van der Waals surface area (Å²) in [5, 5.41) is 1.33. The third-order valence-electron chi connectivity index (χ3n) is 3.01. The van der Waals surface area contributed by atoms with E-state index in [0.29, 0.717) is 11.4 Å². The van der Waals surface area contributed by atoms with E-state index in [4.69, 9.17) is 29.0 Å². The van der Waals surface area contributed by atoms with Crippen LogP contribution in [0.3, 0.4) is 0 Å². The van der Waals surface area contributed by atoms with Gasteiger partial charge >= 0.3 is 0 Å². The summed E-state index contributed by atoms with van der Waals surface area (Å²) >= 11 is 12.4. The van der Waals surface area contributed by atoms with Crippen molar-refractivity contribution in [1.82, 2.24) is 10.4 Å². The van der Waals surface area contributed by atoms with Crippen molar-refractivity contribution >= 4 is 23.2 Å². The number of hydrogen-bond donors (Lipinski definition) is 2. The molecular weight excluding hydrogens is 281 g/mol. The van der Waals surface area contributed by atoms with Crippen LogP contribution in [0.2, 0.25) is 10.0 Å². The topological polar surface area (TPSA) is 50.9 Å². The smallest absolute Gasteiger partial charge is 0.0637 e. The highest BCUT2D eigenvalue weighted by molar-refractivity contribution is 6.31. The van der Waals surface area contributed by atoms with Crippen LogP contribution in [0.5, 0.6) is 0 Å². The molecule has 3 nitrogen and oxygen atoms in total. The summed E-state index contributed by atoms with van der Waals surface area (Å²) in [6.45, 7) is 2.01. The summed E-state index contributed by atoms with van der Waals surface area (Å²) in [6, 6.07) is 7.74. The minimum Gasteiger partial charge on any atom is -0.271 e. The Kier molecular flexibility index (Phi) is 4.77. The van der Waals surface area contributed by atoms with Crippen LogP contribution in [0.15, 0.2) is 36.7 Å². The molecule has 0 fully saturated rings. The van der Waals surface area contributed by atoms with Crippen molar-refractivity contribution < 1.29 is 0 Å². The molecule has 0 aliphatic heterocycles. The summed E-state index contributed by atoms with van der Waals surface area (Å²) in [4.78, 5) is 3.97. The van der Waals surface area contributed by atoms with E-state index < -0.39 is 0 Å². The van der Waals surface area contributed by atoms with E-state index in [0.717, 1.165) is 21.7 Å². The molecule has 100 valence electrons. The molecule has 1 aromatic heterocycles. The number of aromatic nitrogens is 1. The van der Waals surface area contributed by atoms with Crippen molar-refractivity contribution in [2.45, 2.75) is 19.4 Å². The van der Waals surface area contributed by atoms with Crippen LogP contribution in [0, 0.1) is 6.92 Å². The SMILES string of the molecule is Cc1ccc(CC(NN)c2ccncc2Cl)c(Cl)c1. The van der Waals surface area contributed by atoms with Gasteiger partial charge in [0.15, 0.2) is 0 Å². The number of pyridine rings is 1. The van der Waals surface area contributed by atoms with Crippen LogP contribution >= 0.6 is 23.2 Å². The van der Waals surface area contributed by atoms with Gasteiger partial charge in [-0.3, -0.25) is 16.3 Å². The highest BCUT2D eigenvalue weighted by Crippen LogP contribution is 2.27. The van der Waals surface area contributed by atoms with E-state index in [1.165, 1.54) is 0 Å². The first-order chi connectivity index (χ1) is 9.11. The fourth-order valence-electron chi connectivity index (χ4n) is 1.97. The van der Waals surface area contributed by atoms with Crippen molar-refractivity contribution in [3.05, 3.63) is 63.4 Å². The lowest BCUT2D eigenvalue weighted by atomic mass is 9.99. The van der Waals surface area contributed by atoms with Gasteiger partial charge in [-0.2, -0.15) is 0 Å². The molecule has 0 aliphatic carbocycles. The van der Waals surface area contributed by atoms with Gasteiger partial charge < -0.3 is 0 Å². The molecule has 3 N–H and O–H groups in total. The average molecular weight is 296 g/mol. The second kappa shape index (κ2) is 6.35. The lowest BCUT2D eigenvalue weighted by Gasteiger charge is -2.18. The van der Waals surface area contributed by atoms with Gasteiger partial charge in [0.25, 0.3) is 0 Å². The molecular formula is C14H15Cl2N3. The zero-order valence-corrected chi connectivity index (χ0v) is 12.0. The molecule has 2 rings (SSSR count). The molecule has 0 radical (unpaired) electrons. The maximum Gasteiger partial charge on any atom is 0.0637 e. The van der Waals surface area contributed by atoms with Crippen LogP contribution in [0.4, 0.5) is 0 Å². The van der Waals surface area contributed by atoms with E-state index in [-0.39, 0.29) is 6.04 Å². The molecule has 0 saturated carbocycles. The number of rotatable bonds is 4. The predicted molar refractivity (Wildman–Crippen MR) is 79.2 cm³/mol. The molecule has 0 saturated heterocycles. The Labute approximate surface area is 122 Å². The summed E-state index contributed by atoms with van der Waals surface area (Å²) in [5.41, 5.74) is 5.85. The number of hydrazine groups is 1. The van der Waals surface area contributed by atoms with Crippen LogP contribution in [-0.4, -0.2) is 4.98 Å². The number of benzene rings is 1. The number of hydrogen-bond acceptors (Lipinski definition) is 3. The first kappa shape index (κ1) is 14.3. The molecule has 19 heavy (non-hydrogen) atoms. The van der Waals surface area contributed by atoms with Gasteiger partial charge in [-0.15, -0.1) is 0 Å². The Bertz CT molecular complexity index is 572. The predicted octanol–water partition coefficient (Wildman–Crippen LogP) is 3.44. The Morgan fingerprint density at radius 1 is 1.26 bits per heavy atom. The molecule has 2 aromatic rings. The molecule has 0 spiro atoms. The van der Waals surface area contributed by atoms with Gasteiger partial charge in [0, 0.05) is 17.4 Å². The van der Waals surface area contributed by atoms with Crippen molar-refractivity contribution in [3.8, 4) is 0 Å². The van der Waals surface area contributed by atoms with Crippen molar-refractivity contribution in [3.63, 3.8) is 0 Å². The third kappa shape index (κ3) is 3.45. The summed E-state index contributed by atoms with van der Waals surface area (Å²) in [5.74, 6) is 5.63. The lowest BCUT2D eigenvalue weighted by molar-refractivity contribution is 0.551. The minimum absolute atomic E-state index is 0.101. The highest BCUT2D eigenvalue weighted by Gasteiger charge is 2.15. The maximum absolute atomic E-state index is 6.24. The van der Waals surface area contributed by atoms with Crippen LogP contribution in [0.1, 0.15) is 22.7 Å². The molecule has 1 atom stereocenters. The number of nitrogens with two attached hydrogens (primary N) is 1. The molecule has 1 aromatic carbocycles. The largest absolute Gasteiger partial charge is 0.271 e. The first-order valence-corrected chi connectivity index (χ1v) is 6.68.